The maximum absolute atomic E-state index is 13.0. The summed E-state index contributed by atoms with van der Waals surface area (Å²) in [5, 5.41) is 0. The summed E-state index contributed by atoms with van der Waals surface area (Å²) in [4.78, 5) is 0.00520. The van der Waals surface area contributed by atoms with Gasteiger partial charge in [0.2, 0.25) is 0 Å². The lowest BCUT2D eigenvalue weighted by Gasteiger charge is -2.18. The van der Waals surface area contributed by atoms with E-state index in [0.29, 0.717) is 0 Å². The molecule has 2 aromatic carbocycles. The second-order valence-corrected chi connectivity index (χ2v) is 10.3. The maximum Gasteiger partial charge on any atom is 0.196 e. The number of ether oxygens (including phenoxy) is 1. The van der Waals surface area contributed by atoms with Gasteiger partial charge in [0.15, 0.2) is 24.3 Å². The average molecular weight is 366 g/mol. The average Bonchev–Trinajstić information content (AvgIpc) is 3.29. The van der Waals surface area contributed by atoms with Gasteiger partial charge in [0.1, 0.15) is 0 Å². The van der Waals surface area contributed by atoms with E-state index in [0.717, 1.165) is 0 Å². The van der Waals surface area contributed by atoms with E-state index < -0.39 is 24.3 Å². The Morgan fingerprint density at radius 2 is 1.21 bits per heavy atom. The third-order valence-electron chi connectivity index (χ3n) is 4.10. The van der Waals surface area contributed by atoms with Crippen molar-refractivity contribution in [1.82, 2.24) is 0 Å². The Bertz CT molecular complexity index is 836. The van der Waals surface area contributed by atoms with Crippen LogP contribution in [0.2, 0.25) is 0 Å². The van der Waals surface area contributed by atoms with Gasteiger partial charge in [0, 0.05) is 6.42 Å². The zero-order chi connectivity index (χ0) is 17.4. The minimum Gasteiger partial charge on any atom is -0.370 e. The lowest BCUT2D eigenvalue weighted by atomic mass is 10.3. The van der Waals surface area contributed by atoms with Crippen LogP contribution in [0.15, 0.2) is 70.5 Å². The van der Waals surface area contributed by atoms with E-state index in [1.54, 1.807) is 43.3 Å². The highest BCUT2D eigenvalue weighted by molar-refractivity contribution is 8.09. The molecule has 0 bridgehead atoms. The van der Waals surface area contributed by atoms with Crippen molar-refractivity contribution < 1.29 is 21.6 Å². The van der Waals surface area contributed by atoms with Crippen LogP contribution in [-0.2, 0) is 24.4 Å². The summed E-state index contributed by atoms with van der Waals surface area (Å²) in [5.41, 5.74) is 0. The van der Waals surface area contributed by atoms with E-state index in [-0.39, 0.29) is 28.4 Å². The van der Waals surface area contributed by atoms with Gasteiger partial charge in [0.05, 0.1) is 22.0 Å². The van der Waals surface area contributed by atoms with Crippen molar-refractivity contribution in [3.8, 4) is 0 Å². The van der Waals surface area contributed by atoms with Crippen LogP contribution in [0.3, 0.4) is 0 Å². The lowest BCUT2D eigenvalue weighted by Crippen LogP contribution is -2.32. The summed E-state index contributed by atoms with van der Waals surface area (Å²) < 4.78 is 55.7. The second-order valence-electron chi connectivity index (χ2n) is 5.76. The highest BCUT2D eigenvalue weighted by Crippen LogP contribution is 2.34. The van der Waals surface area contributed by atoms with Gasteiger partial charge >= 0.3 is 0 Å². The Balaban J connectivity index is 2.07. The fraction of sp³-hybridized carbons (Fsp3) is 0.294. The molecule has 1 fully saturated rings. The van der Waals surface area contributed by atoms with Crippen molar-refractivity contribution in [2.45, 2.75) is 39.9 Å². The molecule has 1 aliphatic rings. The Hall–Kier alpha value is -1.70. The molecular weight excluding hydrogens is 348 g/mol. The first-order valence-corrected chi connectivity index (χ1v) is 10.7. The zero-order valence-electron chi connectivity index (χ0n) is 13.1. The molecule has 1 saturated heterocycles. The van der Waals surface area contributed by atoms with Crippen LogP contribution in [-0.4, -0.2) is 33.6 Å². The number of rotatable bonds is 6. The van der Waals surface area contributed by atoms with Crippen molar-refractivity contribution in [2.24, 2.45) is 0 Å². The molecule has 2 aromatic rings. The molecule has 0 aromatic heterocycles. The molecule has 0 unspecified atom stereocenters. The summed E-state index contributed by atoms with van der Waals surface area (Å²) in [6, 6.07) is 15.4. The molecule has 0 aliphatic carbocycles. The summed E-state index contributed by atoms with van der Waals surface area (Å²) >= 11 is 0. The zero-order valence-corrected chi connectivity index (χ0v) is 14.7. The molecule has 7 heteroatoms. The Labute approximate surface area is 142 Å². The van der Waals surface area contributed by atoms with Crippen LogP contribution >= 0.6 is 0 Å². The monoisotopic (exact) mass is 366 g/mol. The Morgan fingerprint density at radius 3 is 1.54 bits per heavy atom. The third kappa shape index (κ3) is 3.24. The number of hydrogen-bond donors (Lipinski definition) is 0. The molecular formula is C17H18O5S2. The molecule has 0 N–H and O–H groups in total. The summed E-state index contributed by atoms with van der Waals surface area (Å²) in [6.07, 6.45) is -0.549. The summed E-state index contributed by atoms with van der Waals surface area (Å²) in [7, 11) is -8.11. The second kappa shape index (κ2) is 6.31. The van der Waals surface area contributed by atoms with Gasteiger partial charge in [-0.2, -0.15) is 0 Å². The molecule has 128 valence electrons. The van der Waals surface area contributed by atoms with Gasteiger partial charge in [-0.1, -0.05) is 36.4 Å². The van der Waals surface area contributed by atoms with E-state index in [1.165, 1.54) is 24.3 Å². The Morgan fingerprint density at radius 1 is 0.833 bits per heavy atom. The van der Waals surface area contributed by atoms with E-state index in [9.17, 15) is 16.8 Å². The molecule has 3 rings (SSSR count). The summed E-state index contributed by atoms with van der Waals surface area (Å²) in [5.74, 6) is 0. The highest BCUT2D eigenvalue weighted by Gasteiger charge is 2.46. The quantitative estimate of drug-likeness (QED) is 0.734. The molecule has 0 amide bonds. The molecule has 2 atom stereocenters. The van der Waals surface area contributed by atoms with Crippen molar-refractivity contribution in [3.05, 3.63) is 60.7 Å². The molecule has 0 saturated carbocycles. The van der Waals surface area contributed by atoms with Gasteiger partial charge in [-0.05, 0) is 31.2 Å². The van der Waals surface area contributed by atoms with Crippen molar-refractivity contribution in [2.75, 3.05) is 0 Å². The minimum absolute atomic E-state index is 0.00260. The van der Waals surface area contributed by atoms with Gasteiger partial charge in [-0.3, -0.25) is 0 Å². The topological polar surface area (TPSA) is 80.8 Å². The molecule has 1 aliphatic heterocycles. The van der Waals surface area contributed by atoms with E-state index in [1.807, 2.05) is 0 Å². The van der Waals surface area contributed by atoms with Crippen LogP contribution in [0, 0.1) is 0 Å². The molecule has 0 spiro atoms. The lowest BCUT2D eigenvalue weighted by molar-refractivity contribution is 0.372. The van der Waals surface area contributed by atoms with Crippen LogP contribution in [0.5, 0.6) is 0 Å². The number of hydrogen-bond acceptors (Lipinski definition) is 5. The van der Waals surface area contributed by atoms with Gasteiger partial charge in [-0.25, -0.2) is 16.8 Å². The molecule has 24 heavy (non-hydrogen) atoms. The SMILES string of the molecule is C[C@H]1O[C@@H]1CC(S(=O)(=O)c1ccccc1)S(=O)(=O)c1ccccc1. The number of epoxide rings is 1. The van der Waals surface area contributed by atoms with Gasteiger partial charge in [-0.15, -0.1) is 0 Å². The normalized spacial score (nSPS) is 20.9. The molecule has 5 nitrogen and oxygen atoms in total. The predicted octanol–water partition coefficient (Wildman–Crippen LogP) is 2.44. The van der Waals surface area contributed by atoms with Crippen molar-refractivity contribution in [1.29, 1.82) is 0 Å². The predicted molar refractivity (Wildman–Crippen MR) is 90.0 cm³/mol. The highest BCUT2D eigenvalue weighted by atomic mass is 32.3. The third-order valence-corrected chi connectivity index (χ3v) is 9.24. The fourth-order valence-electron chi connectivity index (χ4n) is 2.61. The first-order chi connectivity index (χ1) is 11.3. The fourth-order valence-corrected chi connectivity index (χ4v) is 7.18. The van der Waals surface area contributed by atoms with Gasteiger partial charge in [0.25, 0.3) is 0 Å². The minimum atomic E-state index is -4.05. The van der Waals surface area contributed by atoms with E-state index >= 15 is 0 Å². The van der Waals surface area contributed by atoms with E-state index in [4.69, 9.17) is 4.74 Å². The van der Waals surface area contributed by atoms with Crippen LogP contribution in [0.1, 0.15) is 13.3 Å². The van der Waals surface area contributed by atoms with Crippen molar-refractivity contribution in [3.63, 3.8) is 0 Å². The molecule has 0 radical (unpaired) electrons. The number of sulfone groups is 2. The maximum atomic E-state index is 13.0. The van der Waals surface area contributed by atoms with Gasteiger partial charge < -0.3 is 4.74 Å². The van der Waals surface area contributed by atoms with Crippen LogP contribution in [0.4, 0.5) is 0 Å². The van der Waals surface area contributed by atoms with Crippen LogP contribution < -0.4 is 0 Å². The first kappa shape index (κ1) is 17.1. The van der Waals surface area contributed by atoms with Crippen LogP contribution in [0.25, 0.3) is 0 Å². The Kier molecular flexibility index (Phi) is 4.50. The number of benzene rings is 2. The largest absolute Gasteiger partial charge is 0.370 e. The van der Waals surface area contributed by atoms with Crippen molar-refractivity contribution >= 4 is 19.7 Å². The smallest absolute Gasteiger partial charge is 0.196 e. The summed E-state index contributed by atoms with van der Waals surface area (Å²) in [6.45, 7) is 1.80. The standard InChI is InChI=1S/C17H18O5S2/c1-13-16(22-13)12-17(23(18,19)14-8-4-2-5-9-14)24(20,21)15-10-6-3-7-11-15/h2-11,13,16-17H,12H2,1H3/t13-,16-/m1/s1. The van der Waals surface area contributed by atoms with E-state index in [2.05, 4.69) is 0 Å². The first-order valence-electron chi connectivity index (χ1n) is 7.57. The molecule has 1 heterocycles.